The van der Waals surface area contributed by atoms with Gasteiger partial charge in [0.15, 0.2) is 0 Å². The van der Waals surface area contributed by atoms with E-state index in [0.717, 1.165) is 51.3 Å². The lowest BCUT2D eigenvalue weighted by atomic mass is 9.87. The number of amides is 1. The third kappa shape index (κ3) is 4.94. The zero-order valence-electron chi connectivity index (χ0n) is 21.1. The van der Waals surface area contributed by atoms with Crippen molar-refractivity contribution in [2.45, 2.75) is 76.5 Å². The summed E-state index contributed by atoms with van der Waals surface area (Å²) in [6.45, 7) is 13.2. The Morgan fingerprint density at radius 3 is 2.80 bits per heavy atom. The second-order valence-electron chi connectivity index (χ2n) is 10.3. The average Bonchev–Trinajstić information content (AvgIpc) is 3.44. The molecule has 0 saturated carbocycles. The highest BCUT2D eigenvalue weighted by molar-refractivity contribution is 5.84. The Kier molecular flexibility index (Phi) is 7.09. The second-order valence-corrected chi connectivity index (χ2v) is 10.3. The van der Waals surface area contributed by atoms with Gasteiger partial charge in [-0.05, 0) is 81.1 Å². The Labute approximate surface area is 209 Å². The standard InChI is InChI=1S/C29H39N5O/c1-4-5-9-28(29(35)30-3)33-19-24-17-23(10-11-27(24)21(33)2)22-12-15-32(16-13-22)20-25-18-26-8-6-7-14-34(26)31-25/h4,10-11,17-18,22,28H,1-2,5-9,12-16,19-20H2,3H3,(H,30,35). The van der Waals surface area contributed by atoms with E-state index < -0.39 is 0 Å². The molecule has 1 amide bonds. The minimum Gasteiger partial charge on any atom is -0.357 e. The molecule has 4 heterocycles. The summed E-state index contributed by atoms with van der Waals surface area (Å²) in [5.41, 5.74) is 7.52. The van der Waals surface area contributed by atoms with Crippen molar-refractivity contribution in [2.24, 2.45) is 0 Å². The molecule has 1 saturated heterocycles. The number of nitrogens with zero attached hydrogens (tertiary/aromatic N) is 4. The molecule has 2 aromatic rings. The number of likely N-dealkylation sites (N-methyl/N-ethyl adjacent to an activating group) is 1. The first kappa shape index (κ1) is 23.9. The molecular weight excluding hydrogens is 434 g/mol. The number of piperidine rings is 1. The van der Waals surface area contributed by atoms with Crippen LogP contribution in [0.25, 0.3) is 5.70 Å². The predicted octanol–water partition coefficient (Wildman–Crippen LogP) is 4.47. The molecule has 1 N–H and O–H groups in total. The van der Waals surface area contributed by atoms with Crippen LogP contribution in [-0.2, 0) is 30.8 Å². The molecule has 5 rings (SSSR count). The molecule has 35 heavy (non-hydrogen) atoms. The second kappa shape index (κ2) is 10.4. The molecule has 1 aromatic carbocycles. The minimum atomic E-state index is -0.210. The summed E-state index contributed by atoms with van der Waals surface area (Å²) in [5, 5.41) is 7.69. The average molecular weight is 474 g/mol. The number of benzene rings is 1. The van der Waals surface area contributed by atoms with Crippen molar-refractivity contribution in [1.29, 1.82) is 0 Å². The topological polar surface area (TPSA) is 53.4 Å². The lowest BCUT2D eigenvalue weighted by Gasteiger charge is -2.31. The van der Waals surface area contributed by atoms with Crippen molar-refractivity contribution in [2.75, 3.05) is 20.1 Å². The molecule has 3 aliphatic rings. The number of likely N-dealkylation sites (tertiary alicyclic amines) is 1. The van der Waals surface area contributed by atoms with Gasteiger partial charge in [-0.3, -0.25) is 14.4 Å². The largest absolute Gasteiger partial charge is 0.357 e. The highest BCUT2D eigenvalue weighted by atomic mass is 16.2. The first-order chi connectivity index (χ1) is 17.1. The maximum atomic E-state index is 12.6. The maximum Gasteiger partial charge on any atom is 0.242 e. The van der Waals surface area contributed by atoms with Crippen LogP contribution in [0.5, 0.6) is 0 Å². The van der Waals surface area contributed by atoms with Gasteiger partial charge in [0.1, 0.15) is 6.04 Å². The maximum absolute atomic E-state index is 12.6. The van der Waals surface area contributed by atoms with E-state index >= 15 is 0 Å². The third-order valence-corrected chi connectivity index (χ3v) is 8.11. The molecule has 3 aliphatic heterocycles. The number of rotatable bonds is 8. The lowest BCUT2D eigenvalue weighted by molar-refractivity contribution is -0.125. The van der Waals surface area contributed by atoms with Gasteiger partial charge in [0, 0.05) is 43.6 Å². The SMILES string of the molecule is C=CCCC(C(=O)NC)N1Cc2cc(C3CCN(Cc4cc5n(n4)CCCC5)CC3)ccc2C1=C. The quantitative estimate of drug-likeness (QED) is 0.575. The zero-order valence-corrected chi connectivity index (χ0v) is 21.1. The number of fused-ring (bicyclic) bond motifs is 2. The van der Waals surface area contributed by atoms with E-state index in [0.29, 0.717) is 5.92 Å². The Morgan fingerprint density at radius 1 is 1.23 bits per heavy atom. The van der Waals surface area contributed by atoms with E-state index in [1.165, 1.54) is 60.2 Å². The monoisotopic (exact) mass is 473 g/mol. The van der Waals surface area contributed by atoms with Crippen LogP contribution in [0.2, 0.25) is 0 Å². The van der Waals surface area contributed by atoms with Crippen LogP contribution < -0.4 is 5.32 Å². The smallest absolute Gasteiger partial charge is 0.242 e. The molecular formula is C29H39N5O. The minimum absolute atomic E-state index is 0.0481. The van der Waals surface area contributed by atoms with Crippen LogP contribution in [0.1, 0.15) is 72.5 Å². The van der Waals surface area contributed by atoms with Crippen molar-refractivity contribution < 1.29 is 4.79 Å². The van der Waals surface area contributed by atoms with E-state index in [2.05, 4.69) is 57.2 Å². The van der Waals surface area contributed by atoms with E-state index in [1.54, 1.807) is 7.05 Å². The lowest BCUT2D eigenvalue weighted by Crippen LogP contribution is -2.42. The summed E-state index contributed by atoms with van der Waals surface area (Å²) in [6, 6.07) is 9.00. The highest BCUT2D eigenvalue weighted by Crippen LogP contribution is 2.38. The summed E-state index contributed by atoms with van der Waals surface area (Å²) in [5.74, 6) is 0.636. The first-order valence-electron chi connectivity index (χ1n) is 13.3. The predicted molar refractivity (Wildman–Crippen MR) is 141 cm³/mol. The number of hydrogen-bond donors (Lipinski definition) is 1. The van der Waals surface area contributed by atoms with Crippen molar-refractivity contribution in [3.05, 3.63) is 71.6 Å². The number of carbonyl (C=O) groups is 1. The summed E-state index contributed by atoms with van der Waals surface area (Å²) in [7, 11) is 1.71. The third-order valence-electron chi connectivity index (χ3n) is 8.11. The Hall–Kier alpha value is -2.86. The van der Waals surface area contributed by atoms with Crippen LogP contribution in [0.15, 0.2) is 43.5 Å². The van der Waals surface area contributed by atoms with Gasteiger partial charge in [0.2, 0.25) is 5.91 Å². The van der Waals surface area contributed by atoms with E-state index in [9.17, 15) is 4.79 Å². The summed E-state index contributed by atoms with van der Waals surface area (Å²) >= 11 is 0. The number of aryl methyl sites for hydroxylation is 2. The summed E-state index contributed by atoms with van der Waals surface area (Å²) < 4.78 is 2.22. The van der Waals surface area contributed by atoms with Crippen LogP contribution in [-0.4, -0.2) is 51.7 Å². The van der Waals surface area contributed by atoms with E-state index in [1.807, 2.05) is 6.08 Å². The van der Waals surface area contributed by atoms with Gasteiger partial charge in [-0.2, -0.15) is 5.10 Å². The molecule has 0 bridgehead atoms. The van der Waals surface area contributed by atoms with E-state index in [4.69, 9.17) is 5.10 Å². The van der Waals surface area contributed by atoms with Crippen molar-refractivity contribution in [1.82, 2.24) is 24.9 Å². The van der Waals surface area contributed by atoms with Crippen LogP contribution in [0.3, 0.4) is 0 Å². The number of allylic oxidation sites excluding steroid dienone is 1. The van der Waals surface area contributed by atoms with Gasteiger partial charge >= 0.3 is 0 Å². The van der Waals surface area contributed by atoms with Crippen LogP contribution in [0, 0.1) is 0 Å². The summed E-state index contributed by atoms with van der Waals surface area (Å²) in [6.07, 6.45) is 9.53. The number of nitrogens with one attached hydrogen (secondary N) is 1. The van der Waals surface area contributed by atoms with Crippen molar-refractivity contribution >= 4 is 11.6 Å². The van der Waals surface area contributed by atoms with Gasteiger partial charge < -0.3 is 10.2 Å². The number of hydrogen-bond acceptors (Lipinski definition) is 4. The van der Waals surface area contributed by atoms with Crippen molar-refractivity contribution in [3.63, 3.8) is 0 Å². The molecule has 1 fully saturated rings. The number of aromatic nitrogens is 2. The fourth-order valence-corrected chi connectivity index (χ4v) is 6.09. The Balaban J connectivity index is 1.21. The molecule has 0 radical (unpaired) electrons. The van der Waals surface area contributed by atoms with Crippen LogP contribution >= 0.6 is 0 Å². The molecule has 1 atom stereocenters. The fourth-order valence-electron chi connectivity index (χ4n) is 6.09. The van der Waals surface area contributed by atoms with Gasteiger partial charge in [0.25, 0.3) is 0 Å². The van der Waals surface area contributed by atoms with Crippen molar-refractivity contribution in [3.8, 4) is 0 Å². The van der Waals surface area contributed by atoms with Gasteiger partial charge in [0.05, 0.1) is 5.69 Å². The normalized spacial score (nSPS) is 19.3. The van der Waals surface area contributed by atoms with Gasteiger partial charge in [-0.1, -0.05) is 30.9 Å². The van der Waals surface area contributed by atoms with Crippen LogP contribution in [0.4, 0.5) is 0 Å². The zero-order chi connectivity index (χ0) is 24.4. The van der Waals surface area contributed by atoms with Gasteiger partial charge in [-0.15, -0.1) is 6.58 Å². The molecule has 6 nitrogen and oxygen atoms in total. The van der Waals surface area contributed by atoms with Gasteiger partial charge in [-0.25, -0.2) is 0 Å². The fraction of sp³-hybridized carbons (Fsp3) is 0.517. The molecule has 6 heteroatoms. The Bertz CT molecular complexity index is 1070. The molecule has 0 aliphatic carbocycles. The molecule has 1 unspecified atom stereocenters. The first-order valence-corrected chi connectivity index (χ1v) is 13.3. The molecule has 1 aromatic heterocycles. The molecule has 0 spiro atoms. The number of carbonyl (C=O) groups excluding carboxylic acids is 1. The molecule has 186 valence electrons. The Morgan fingerprint density at radius 2 is 2.06 bits per heavy atom. The van der Waals surface area contributed by atoms with E-state index in [-0.39, 0.29) is 11.9 Å². The summed E-state index contributed by atoms with van der Waals surface area (Å²) in [4.78, 5) is 17.3. The highest BCUT2D eigenvalue weighted by Gasteiger charge is 2.32.